The molecule has 1 N–H and O–H groups in total. The topological polar surface area (TPSA) is 39.1 Å². The Kier molecular flexibility index (Phi) is 5.33. The Labute approximate surface area is 124 Å². The highest BCUT2D eigenvalue weighted by Crippen LogP contribution is 2.15. The van der Waals surface area contributed by atoms with Gasteiger partial charge < -0.3 is 10.1 Å². The van der Waals surface area contributed by atoms with Crippen molar-refractivity contribution in [3.63, 3.8) is 0 Å². The van der Waals surface area contributed by atoms with Gasteiger partial charge >= 0.3 is 0 Å². The maximum absolute atomic E-state index is 13.8. The van der Waals surface area contributed by atoms with Gasteiger partial charge in [0.2, 0.25) is 0 Å². The molecule has 21 heavy (non-hydrogen) atoms. The molecule has 0 aliphatic heterocycles. The lowest BCUT2D eigenvalue weighted by molar-refractivity contribution is 0.299. The zero-order valence-corrected chi connectivity index (χ0v) is 12.8. The molecular weight excluding hydrogens is 269 g/mol. The molecule has 1 heterocycles. The summed E-state index contributed by atoms with van der Waals surface area (Å²) in [4.78, 5) is 0. The summed E-state index contributed by atoms with van der Waals surface area (Å²) in [7, 11) is 1.81. The number of ether oxygens (including phenoxy) is 1. The molecule has 0 unspecified atom stereocenters. The van der Waals surface area contributed by atoms with Crippen molar-refractivity contribution in [2.24, 2.45) is 13.0 Å². The lowest BCUT2D eigenvalue weighted by atomic mass is 10.1. The molecule has 0 saturated carbocycles. The van der Waals surface area contributed by atoms with Crippen LogP contribution >= 0.6 is 0 Å². The molecule has 2 rings (SSSR count). The molecule has 0 bridgehead atoms. The standard InChI is InChI=1S/C16H22FN3O/c1-12(2)7-18-8-13-4-5-16(17)14(6-13)11-21-15-9-19-20(3)10-15/h4-6,9-10,12,18H,7-8,11H2,1-3H3. The average molecular weight is 291 g/mol. The van der Waals surface area contributed by atoms with Crippen molar-refractivity contribution in [1.82, 2.24) is 15.1 Å². The van der Waals surface area contributed by atoms with Crippen molar-refractivity contribution in [2.45, 2.75) is 27.0 Å². The monoisotopic (exact) mass is 291 g/mol. The van der Waals surface area contributed by atoms with Crippen molar-refractivity contribution in [2.75, 3.05) is 6.54 Å². The molecule has 0 amide bonds. The lowest BCUT2D eigenvalue weighted by Crippen LogP contribution is -2.19. The van der Waals surface area contributed by atoms with E-state index < -0.39 is 0 Å². The Morgan fingerprint density at radius 3 is 2.86 bits per heavy atom. The van der Waals surface area contributed by atoms with E-state index in [0.29, 0.717) is 17.2 Å². The van der Waals surface area contributed by atoms with Gasteiger partial charge in [-0.1, -0.05) is 19.9 Å². The van der Waals surface area contributed by atoms with Crippen LogP contribution in [0.2, 0.25) is 0 Å². The molecular formula is C16H22FN3O. The maximum atomic E-state index is 13.8. The van der Waals surface area contributed by atoms with E-state index in [1.807, 2.05) is 13.1 Å². The Morgan fingerprint density at radius 2 is 2.19 bits per heavy atom. The first kappa shape index (κ1) is 15.5. The Morgan fingerprint density at radius 1 is 1.38 bits per heavy atom. The van der Waals surface area contributed by atoms with Crippen molar-refractivity contribution in [1.29, 1.82) is 0 Å². The Balaban J connectivity index is 1.94. The summed E-state index contributed by atoms with van der Waals surface area (Å²) in [6.45, 7) is 6.20. The molecule has 4 nitrogen and oxygen atoms in total. The van der Waals surface area contributed by atoms with E-state index in [2.05, 4.69) is 24.3 Å². The Hall–Kier alpha value is -1.88. The van der Waals surface area contributed by atoms with Crippen LogP contribution in [-0.2, 0) is 20.2 Å². The average Bonchev–Trinajstić information content (AvgIpc) is 2.84. The van der Waals surface area contributed by atoms with Crippen LogP contribution in [0.4, 0.5) is 4.39 Å². The van der Waals surface area contributed by atoms with E-state index in [0.717, 1.165) is 18.7 Å². The van der Waals surface area contributed by atoms with Crippen LogP contribution in [0.3, 0.4) is 0 Å². The predicted octanol–water partition coefficient (Wildman–Crippen LogP) is 2.88. The minimum absolute atomic E-state index is 0.204. The number of aryl methyl sites for hydroxylation is 1. The van der Waals surface area contributed by atoms with Gasteiger partial charge in [0.1, 0.15) is 12.4 Å². The van der Waals surface area contributed by atoms with Gasteiger partial charge in [0.05, 0.1) is 12.4 Å². The van der Waals surface area contributed by atoms with Crippen molar-refractivity contribution in [3.05, 3.63) is 47.5 Å². The first-order chi connectivity index (χ1) is 10.0. The van der Waals surface area contributed by atoms with E-state index >= 15 is 0 Å². The van der Waals surface area contributed by atoms with E-state index in [9.17, 15) is 4.39 Å². The molecule has 5 heteroatoms. The normalized spacial score (nSPS) is 11.1. The van der Waals surface area contributed by atoms with E-state index in [1.165, 1.54) is 6.07 Å². The highest BCUT2D eigenvalue weighted by atomic mass is 19.1. The predicted molar refractivity (Wildman–Crippen MR) is 80.5 cm³/mol. The third kappa shape index (κ3) is 4.86. The van der Waals surface area contributed by atoms with Gasteiger partial charge in [-0.3, -0.25) is 4.68 Å². The van der Waals surface area contributed by atoms with Crippen LogP contribution < -0.4 is 10.1 Å². The molecule has 0 saturated heterocycles. The van der Waals surface area contributed by atoms with Gasteiger partial charge in [-0.05, 0) is 30.2 Å². The number of rotatable bonds is 7. The smallest absolute Gasteiger partial charge is 0.157 e. The first-order valence-electron chi connectivity index (χ1n) is 7.14. The van der Waals surface area contributed by atoms with Crippen LogP contribution in [0.15, 0.2) is 30.6 Å². The van der Waals surface area contributed by atoms with Crippen LogP contribution in [0.5, 0.6) is 5.75 Å². The second-order valence-electron chi connectivity index (χ2n) is 5.59. The van der Waals surface area contributed by atoms with Crippen molar-refractivity contribution in [3.8, 4) is 5.75 Å². The molecule has 0 radical (unpaired) electrons. The number of hydrogen-bond donors (Lipinski definition) is 1. The van der Waals surface area contributed by atoms with Crippen LogP contribution in [0.1, 0.15) is 25.0 Å². The minimum Gasteiger partial charge on any atom is -0.486 e. The number of benzene rings is 1. The quantitative estimate of drug-likeness (QED) is 0.852. The number of hydrogen-bond acceptors (Lipinski definition) is 3. The van der Waals surface area contributed by atoms with Crippen LogP contribution in [-0.4, -0.2) is 16.3 Å². The van der Waals surface area contributed by atoms with Gasteiger partial charge in [0, 0.05) is 19.2 Å². The van der Waals surface area contributed by atoms with Crippen molar-refractivity contribution >= 4 is 0 Å². The lowest BCUT2D eigenvalue weighted by Gasteiger charge is -2.10. The second-order valence-corrected chi connectivity index (χ2v) is 5.59. The third-order valence-corrected chi connectivity index (χ3v) is 3.07. The zero-order chi connectivity index (χ0) is 15.2. The summed E-state index contributed by atoms with van der Waals surface area (Å²) in [6.07, 6.45) is 3.37. The summed E-state index contributed by atoms with van der Waals surface area (Å²) in [6, 6.07) is 5.14. The van der Waals surface area contributed by atoms with E-state index in [1.54, 1.807) is 23.1 Å². The summed E-state index contributed by atoms with van der Waals surface area (Å²) >= 11 is 0. The molecule has 1 aromatic heterocycles. The van der Waals surface area contributed by atoms with Crippen LogP contribution in [0, 0.1) is 11.7 Å². The molecule has 1 aromatic carbocycles. The fourth-order valence-electron chi connectivity index (χ4n) is 1.99. The molecule has 114 valence electrons. The van der Waals surface area contributed by atoms with E-state index in [-0.39, 0.29) is 12.4 Å². The van der Waals surface area contributed by atoms with Crippen molar-refractivity contribution < 1.29 is 9.13 Å². The fourth-order valence-corrected chi connectivity index (χ4v) is 1.99. The van der Waals surface area contributed by atoms with Gasteiger partial charge in [0.15, 0.2) is 5.75 Å². The number of halogens is 1. The highest BCUT2D eigenvalue weighted by Gasteiger charge is 2.06. The van der Waals surface area contributed by atoms with Gasteiger partial charge in [-0.2, -0.15) is 5.10 Å². The fraction of sp³-hybridized carbons (Fsp3) is 0.438. The Bertz CT molecular complexity index is 581. The van der Waals surface area contributed by atoms with Gasteiger partial charge in [-0.25, -0.2) is 4.39 Å². The minimum atomic E-state index is -0.244. The number of nitrogens with zero attached hydrogens (tertiary/aromatic N) is 2. The summed E-state index contributed by atoms with van der Waals surface area (Å²) in [5, 5.41) is 7.36. The molecule has 0 aliphatic carbocycles. The van der Waals surface area contributed by atoms with Gasteiger partial charge in [0.25, 0.3) is 0 Å². The van der Waals surface area contributed by atoms with Crippen LogP contribution in [0.25, 0.3) is 0 Å². The highest BCUT2D eigenvalue weighted by molar-refractivity contribution is 5.25. The number of aromatic nitrogens is 2. The van der Waals surface area contributed by atoms with Gasteiger partial charge in [-0.15, -0.1) is 0 Å². The third-order valence-electron chi connectivity index (χ3n) is 3.07. The molecule has 2 aromatic rings. The molecule has 0 fully saturated rings. The molecule has 0 atom stereocenters. The zero-order valence-electron chi connectivity index (χ0n) is 12.8. The largest absolute Gasteiger partial charge is 0.486 e. The summed E-state index contributed by atoms with van der Waals surface area (Å²) < 4.78 is 21.0. The number of nitrogens with one attached hydrogen (secondary N) is 1. The second kappa shape index (κ2) is 7.22. The van der Waals surface area contributed by atoms with E-state index in [4.69, 9.17) is 4.74 Å². The summed E-state index contributed by atoms with van der Waals surface area (Å²) in [5.74, 6) is 0.991. The first-order valence-corrected chi connectivity index (χ1v) is 7.14. The molecule has 0 spiro atoms. The molecule has 0 aliphatic rings. The SMILES string of the molecule is CC(C)CNCc1ccc(F)c(COc2cnn(C)c2)c1. The summed E-state index contributed by atoms with van der Waals surface area (Å²) in [5.41, 5.74) is 1.62. The maximum Gasteiger partial charge on any atom is 0.157 e.